The third kappa shape index (κ3) is 1.40. The summed E-state index contributed by atoms with van der Waals surface area (Å²) in [5.41, 5.74) is 0.535. The van der Waals surface area contributed by atoms with Crippen LogP contribution >= 0.6 is 0 Å². The highest BCUT2D eigenvalue weighted by Crippen LogP contribution is 1.89. The Hall–Kier alpha value is -1.09. The normalized spacial score (nSPS) is 10.9. The Kier molecular flexibility index (Phi) is 1.30. The van der Waals surface area contributed by atoms with Crippen molar-refractivity contribution >= 4 is 0 Å². The minimum absolute atomic E-state index is 0.157. The smallest absolute Gasteiger partial charge is 0.248 e. The van der Waals surface area contributed by atoms with Gasteiger partial charge in [-0.2, -0.15) is 0 Å². The molecule has 3 heteroatoms. The second-order valence-electron chi connectivity index (χ2n) is 1.71. The Balaban J connectivity index is 2.85. The molecule has 1 heterocycles. The Morgan fingerprint density at radius 3 is 3.44 bits per heavy atom. The second-order valence-corrected chi connectivity index (χ2v) is 1.71. The molecule has 0 unspecified atom stereocenters. The van der Waals surface area contributed by atoms with Gasteiger partial charge in [-0.3, -0.25) is 4.79 Å². The van der Waals surface area contributed by atoms with E-state index in [0.717, 1.165) is 0 Å². The molecule has 48 valence electrons. The maximum absolute atomic E-state index is 10.6. The molecule has 1 aromatic rings. The molecule has 0 aliphatic carbocycles. The van der Waals surface area contributed by atoms with Gasteiger partial charge >= 0.3 is 0 Å². The van der Waals surface area contributed by atoms with Crippen LogP contribution in [0.3, 0.4) is 0 Å². The SMILES string of the molecule is [3H]OCc1cc[nH]c(=O)c1. The van der Waals surface area contributed by atoms with Gasteiger partial charge in [-0.25, -0.2) is 0 Å². The molecule has 2 N–H and O–H groups in total. The van der Waals surface area contributed by atoms with Crippen molar-refractivity contribution in [1.29, 1.82) is 1.43 Å². The topological polar surface area (TPSA) is 53.1 Å². The Morgan fingerprint density at radius 2 is 2.78 bits per heavy atom. The zero-order valence-corrected chi connectivity index (χ0v) is 4.76. The molecule has 0 atom stereocenters. The molecule has 0 aliphatic heterocycles. The number of aliphatic hydroxyl groups excluding tert-OH is 1. The number of H-pyrrole nitrogens is 1. The predicted octanol–water partition coefficient (Wildman–Crippen LogP) is -0.133. The highest BCUT2D eigenvalue weighted by molar-refractivity contribution is 5.07. The van der Waals surface area contributed by atoms with Crippen LogP contribution in [-0.4, -0.2) is 11.5 Å². The first-order valence-electron chi connectivity index (χ1n) is 2.99. The van der Waals surface area contributed by atoms with Crippen molar-refractivity contribution in [3.05, 3.63) is 34.2 Å². The molecule has 0 aliphatic rings. The number of hydrogen-bond donors (Lipinski definition) is 2. The number of pyridine rings is 1. The molecule has 1 rings (SSSR count). The van der Waals surface area contributed by atoms with Crippen LogP contribution in [0.15, 0.2) is 23.1 Å². The summed E-state index contributed by atoms with van der Waals surface area (Å²) in [6.07, 6.45) is 1.52. The fraction of sp³-hybridized carbons (Fsp3) is 0.167. The van der Waals surface area contributed by atoms with E-state index in [-0.39, 0.29) is 12.2 Å². The molecule has 0 fully saturated rings. The van der Waals surface area contributed by atoms with Crippen molar-refractivity contribution in [3.8, 4) is 0 Å². The summed E-state index contributed by atoms with van der Waals surface area (Å²) < 4.78 is 6.40. The second kappa shape index (κ2) is 2.46. The number of aromatic amines is 1. The molecular formula is C6H7NO2. The van der Waals surface area contributed by atoms with E-state index < -0.39 is 0 Å². The van der Waals surface area contributed by atoms with Crippen LogP contribution < -0.4 is 5.56 Å². The van der Waals surface area contributed by atoms with Crippen molar-refractivity contribution in [2.24, 2.45) is 0 Å². The minimum atomic E-state index is -0.172. The van der Waals surface area contributed by atoms with Gasteiger partial charge in [0.15, 0.2) is 0 Å². The number of nitrogens with one attached hydrogen (secondary N) is 1. The zero-order chi connectivity index (χ0) is 7.40. The lowest BCUT2D eigenvalue weighted by molar-refractivity contribution is 0.281. The number of aliphatic hydroxyl groups is 1. The van der Waals surface area contributed by atoms with E-state index in [2.05, 4.69) is 10.1 Å². The van der Waals surface area contributed by atoms with Crippen LogP contribution in [0, 0.1) is 0 Å². The van der Waals surface area contributed by atoms with Crippen LogP contribution in [0.4, 0.5) is 0 Å². The molecule has 0 aromatic carbocycles. The van der Waals surface area contributed by atoms with Gasteiger partial charge in [0.05, 0.1) is 6.61 Å². The maximum Gasteiger partial charge on any atom is 0.248 e. The molecule has 0 bridgehead atoms. The minimum Gasteiger partial charge on any atom is -0.392 e. The third-order valence-corrected chi connectivity index (χ3v) is 1.01. The first-order chi connectivity index (χ1) is 4.83. The van der Waals surface area contributed by atoms with Gasteiger partial charge in [0.2, 0.25) is 6.99 Å². The molecule has 3 nitrogen and oxygen atoms in total. The van der Waals surface area contributed by atoms with Crippen LogP contribution in [0.25, 0.3) is 0 Å². The molecule has 0 saturated carbocycles. The van der Waals surface area contributed by atoms with E-state index in [9.17, 15) is 4.79 Å². The molecule has 0 amide bonds. The Morgan fingerprint density at radius 1 is 1.89 bits per heavy atom. The van der Waals surface area contributed by atoms with E-state index in [1.165, 1.54) is 12.3 Å². The summed E-state index contributed by atoms with van der Waals surface area (Å²) in [4.78, 5) is 13.1. The standard InChI is InChI=1S/C6H7NO2/c8-4-5-1-2-7-6(9)3-5/h1-3,8H,4H2,(H,7,9)/i8T. The average molecular weight is 127 g/mol. The Labute approximate surface area is 53.5 Å². The van der Waals surface area contributed by atoms with E-state index in [1.54, 1.807) is 6.07 Å². The van der Waals surface area contributed by atoms with Gasteiger partial charge in [0, 0.05) is 12.3 Å². The highest BCUT2D eigenvalue weighted by atomic mass is 16.3. The summed E-state index contributed by atoms with van der Waals surface area (Å²) in [7, 11) is 0. The summed E-state index contributed by atoms with van der Waals surface area (Å²) in [5, 5.41) is 4.08. The van der Waals surface area contributed by atoms with Gasteiger partial charge in [0.1, 0.15) is 0 Å². The van der Waals surface area contributed by atoms with Crippen molar-refractivity contribution in [3.63, 3.8) is 0 Å². The number of hydrogen-bond acceptors (Lipinski definition) is 2. The van der Waals surface area contributed by atoms with Crippen molar-refractivity contribution in [1.82, 2.24) is 4.98 Å². The predicted molar refractivity (Wildman–Crippen MR) is 33.0 cm³/mol. The largest absolute Gasteiger partial charge is 0.392 e. The zero-order valence-electron chi connectivity index (χ0n) is 5.76. The average Bonchev–Trinajstić information content (AvgIpc) is 1.88. The first kappa shape index (κ1) is 4.76. The van der Waals surface area contributed by atoms with Crippen LogP contribution in [0.1, 0.15) is 5.56 Å². The summed E-state index contributed by atoms with van der Waals surface area (Å²) >= 11 is 0. The van der Waals surface area contributed by atoms with Gasteiger partial charge < -0.3 is 10.1 Å². The monoisotopic (exact) mass is 127 g/mol. The van der Waals surface area contributed by atoms with Crippen molar-refractivity contribution in [2.75, 3.05) is 0 Å². The van der Waals surface area contributed by atoms with Gasteiger partial charge in [-0.1, -0.05) is 0 Å². The van der Waals surface area contributed by atoms with E-state index in [4.69, 9.17) is 1.43 Å². The van der Waals surface area contributed by atoms with Crippen molar-refractivity contribution in [2.45, 2.75) is 6.61 Å². The first-order valence-corrected chi connectivity index (χ1v) is 2.58. The van der Waals surface area contributed by atoms with Gasteiger partial charge in [-0.15, -0.1) is 0 Å². The summed E-state index contributed by atoms with van der Waals surface area (Å²) in [6, 6.07) is 3.09. The lowest BCUT2D eigenvalue weighted by Crippen LogP contribution is -2.03. The molecule has 0 saturated heterocycles. The third-order valence-electron chi connectivity index (χ3n) is 1.01. The maximum atomic E-state index is 10.6. The lowest BCUT2D eigenvalue weighted by Gasteiger charge is -1.89. The summed E-state index contributed by atoms with van der Waals surface area (Å²) in [5.74, 6) is 0. The fourth-order valence-electron chi connectivity index (χ4n) is 0.579. The quantitative estimate of drug-likeness (QED) is 0.581. The Bertz CT molecular complexity index is 258. The molecule has 9 heavy (non-hydrogen) atoms. The van der Waals surface area contributed by atoms with E-state index >= 15 is 0 Å². The summed E-state index contributed by atoms with van der Waals surface area (Å²) in [6.45, 7) is 0.157. The molecular weight excluding hydrogens is 118 g/mol. The number of aromatic nitrogens is 1. The van der Waals surface area contributed by atoms with Crippen LogP contribution in [0.2, 0.25) is 0 Å². The molecule has 1 aromatic heterocycles. The van der Waals surface area contributed by atoms with Gasteiger partial charge in [0.25, 0.3) is 0 Å². The van der Waals surface area contributed by atoms with Gasteiger partial charge in [-0.05, 0) is 11.6 Å². The number of rotatable bonds is 2. The van der Waals surface area contributed by atoms with Crippen LogP contribution in [0.5, 0.6) is 0 Å². The molecule has 0 spiro atoms. The van der Waals surface area contributed by atoms with Crippen LogP contribution in [-0.2, 0) is 6.61 Å². The highest BCUT2D eigenvalue weighted by Gasteiger charge is 1.86. The molecule has 0 radical (unpaired) electrons. The van der Waals surface area contributed by atoms with E-state index in [1.807, 2.05) is 0 Å². The fourth-order valence-corrected chi connectivity index (χ4v) is 0.579. The lowest BCUT2D eigenvalue weighted by atomic mass is 10.3. The van der Waals surface area contributed by atoms with E-state index in [0.29, 0.717) is 5.56 Å². The van der Waals surface area contributed by atoms with Crippen molar-refractivity contribution < 1.29 is 5.11 Å².